The number of hydrogen-bond acceptors (Lipinski definition) is 5. The van der Waals surface area contributed by atoms with Crippen LogP contribution in [0.2, 0.25) is 0 Å². The Bertz CT molecular complexity index is 3360. The zero-order valence-electron chi connectivity index (χ0n) is 39.8. The average Bonchev–Trinajstić information content (AvgIpc) is 3.43. The molecule has 0 saturated heterocycles. The van der Waals surface area contributed by atoms with Gasteiger partial charge in [0.05, 0.1) is 28.2 Å². The van der Waals surface area contributed by atoms with Crippen LogP contribution in [0, 0.1) is 22.7 Å². The summed E-state index contributed by atoms with van der Waals surface area (Å²) < 4.78 is 0. The molecule has 2 bridgehead atoms. The zero-order chi connectivity index (χ0) is 47.7. The summed E-state index contributed by atoms with van der Waals surface area (Å²) in [6.45, 7) is 4.85. The van der Waals surface area contributed by atoms with Crippen molar-refractivity contribution >= 4 is 0 Å². The van der Waals surface area contributed by atoms with Gasteiger partial charge >= 0.3 is 0 Å². The number of nitriles is 2. The molecular weight excluding hydrogens is 851 g/mol. The molecule has 3 heterocycles. The molecule has 1 saturated carbocycles. The van der Waals surface area contributed by atoms with Crippen molar-refractivity contribution < 1.29 is 0 Å². The second-order valence-electron chi connectivity index (χ2n) is 19.9. The Kier molecular flexibility index (Phi) is 11.8. The highest BCUT2D eigenvalue weighted by Gasteiger charge is 2.47. The maximum absolute atomic E-state index is 10.2. The van der Waals surface area contributed by atoms with E-state index >= 15 is 0 Å². The first-order valence-corrected chi connectivity index (χ1v) is 24.6. The summed E-state index contributed by atoms with van der Waals surface area (Å²) in [6.07, 6.45) is 14.2. The molecule has 3 aromatic heterocycles. The number of rotatable bonds is 12. The maximum atomic E-state index is 10.2. The van der Waals surface area contributed by atoms with Gasteiger partial charge in [0.1, 0.15) is 12.1 Å². The first kappa shape index (κ1) is 44.3. The van der Waals surface area contributed by atoms with Crippen molar-refractivity contribution in [3.8, 4) is 79.3 Å². The molecule has 0 spiro atoms. The molecule has 9 aromatic rings. The fourth-order valence-electron chi connectivity index (χ4n) is 11.1. The monoisotopic (exact) mass is 903 g/mol. The second-order valence-corrected chi connectivity index (χ2v) is 19.9. The van der Waals surface area contributed by atoms with Crippen LogP contribution in [0.5, 0.6) is 0 Å². The van der Waals surface area contributed by atoms with Gasteiger partial charge in [-0.05, 0) is 177 Å². The lowest BCUT2D eigenvalue weighted by atomic mass is 9.53. The van der Waals surface area contributed by atoms with E-state index in [-0.39, 0.29) is 10.8 Å². The molecule has 0 N–H and O–H groups in total. The lowest BCUT2D eigenvalue weighted by Gasteiger charge is -2.51. The Hall–Kier alpha value is -8.25. The summed E-state index contributed by atoms with van der Waals surface area (Å²) in [5.74, 6) is 0. The smallest absolute Gasteiger partial charge is 0.101 e. The molecule has 3 aliphatic carbocycles. The van der Waals surface area contributed by atoms with Crippen molar-refractivity contribution in [2.24, 2.45) is 0 Å². The van der Waals surface area contributed by atoms with Gasteiger partial charge in [0.2, 0.25) is 0 Å². The molecule has 0 amide bonds. The van der Waals surface area contributed by atoms with E-state index in [0.717, 1.165) is 87.3 Å². The van der Waals surface area contributed by atoms with Crippen molar-refractivity contribution in [1.82, 2.24) is 15.0 Å². The van der Waals surface area contributed by atoms with Crippen LogP contribution in [-0.2, 0) is 36.5 Å². The number of aryl methyl sites for hydroxylation is 4. The maximum Gasteiger partial charge on any atom is 0.101 e. The molecule has 0 aliphatic heterocycles. The first-order valence-electron chi connectivity index (χ1n) is 24.6. The van der Waals surface area contributed by atoms with Gasteiger partial charge in [0.15, 0.2) is 0 Å². The third-order valence-corrected chi connectivity index (χ3v) is 15.4. The number of nitrogens with zero attached hydrogens (tertiary/aromatic N) is 5. The van der Waals surface area contributed by atoms with Crippen molar-refractivity contribution in [2.75, 3.05) is 0 Å². The van der Waals surface area contributed by atoms with Gasteiger partial charge in [0.25, 0.3) is 0 Å². The lowest BCUT2D eigenvalue weighted by molar-refractivity contribution is 0.187. The van der Waals surface area contributed by atoms with Gasteiger partial charge < -0.3 is 0 Å². The standard InChI is InChI=1S/C65H53N5/c1-64-29-31-65(2,32-30-64)60-43-70-63(40-59(60)64)51-27-28-57(58(39-51)50-25-26-52(41-66)54(38-50)42-67)56-10-4-3-9-55(56)53-36-46(15-13-44-17-21-48(22-18-44)61-11-5-7-33-68-61)35-47(37-53)16-14-45-19-23-49(24-20-45)62-12-6-8-34-69-62/h3-12,17-28,33-40,43H,13-16,29-32H2,1-2H3. The predicted octanol–water partition coefficient (Wildman–Crippen LogP) is 15.3. The summed E-state index contributed by atoms with van der Waals surface area (Å²) in [4.78, 5) is 14.3. The molecule has 0 atom stereocenters. The van der Waals surface area contributed by atoms with Crippen LogP contribution in [0.15, 0.2) is 188 Å². The van der Waals surface area contributed by atoms with E-state index in [9.17, 15) is 10.5 Å². The Balaban J connectivity index is 0.981. The highest BCUT2D eigenvalue weighted by atomic mass is 14.7. The molecule has 0 radical (unpaired) electrons. The third-order valence-electron chi connectivity index (χ3n) is 15.4. The van der Waals surface area contributed by atoms with Gasteiger partial charge in [-0.1, -0.05) is 135 Å². The minimum atomic E-state index is 0.157. The number of hydrogen-bond donors (Lipinski definition) is 0. The lowest BCUT2D eigenvalue weighted by Crippen LogP contribution is -2.44. The summed E-state index contributed by atoms with van der Waals surface area (Å²) in [6, 6.07) is 64.7. The van der Waals surface area contributed by atoms with Crippen LogP contribution in [0.25, 0.3) is 67.2 Å². The number of fused-ring (bicyclic) bond motifs is 2. The fraction of sp³-hybridized carbons (Fsp3) is 0.185. The molecule has 70 heavy (non-hydrogen) atoms. The molecule has 6 aromatic carbocycles. The summed E-state index contributed by atoms with van der Waals surface area (Å²) >= 11 is 0. The topological polar surface area (TPSA) is 86.2 Å². The number of benzene rings is 6. The summed E-state index contributed by atoms with van der Waals surface area (Å²) in [5, 5.41) is 20.2. The van der Waals surface area contributed by atoms with Crippen LogP contribution in [0.3, 0.4) is 0 Å². The quantitative estimate of drug-likeness (QED) is 0.122. The molecule has 1 fully saturated rings. The highest BCUT2D eigenvalue weighted by molar-refractivity contribution is 5.94. The van der Waals surface area contributed by atoms with Crippen LogP contribution in [0.1, 0.15) is 84.0 Å². The average molecular weight is 904 g/mol. The molecule has 5 heteroatoms. The first-order chi connectivity index (χ1) is 34.3. The molecule has 5 nitrogen and oxygen atoms in total. The molecular formula is C65H53N5. The molecule has 0 unspecified atom stereocenters. The minimum absolute atomic E-state index is 0.157. The molecule has 338 valence electrons. The van der Waals surface area contributed by atoms with Gasteiger partial charge in [-0.3, -0.25) is 15.0 Å². The molecule has 3 aliphatic rings. The Morgan fingerprint density at radius 2 is 0.900 bits per heavy atom. The van der Waals surface area contributed by atoms with Crippen molar-refractivity contribution in [3.63, 3.8) is 0 Å². The van der Waals surface area contributed by atoms with Gasteiger partial charge in [0, 0.05) is 35.3 Å². The predicted molar refractivity (Wildman–Crippen MR) is 283 cm³/mol. The van der Waals surface area contributed by atoms with Crippen LogP contribution < -0.4 is 0 Å². The van der Waals surface area contributed by atoms with Crippen molar-refractivity contribution in [3.05, 3.63) is 233 Å². The Morgan fingerprint density at radius 1 is 0.386 bits per heavy atom. The van der Waals surface area contributed by atoms with E-state index in [0.29, 0.717) is 11.1 Å². The highest BCUT2D eigenvalue weighted by Crippen LogP contribution is 2.56. The van der Waals surface area contributed by atoms with Gasteiger partial charge in [-0.2, -0.15) is 10.5 Å². The van der Waals surface area contributed by atoms with Crippen LogP contribution in [-0.4, -0.2) is 15.0 Å². The third kappa shape index (κ3) is 8.72. The van der Waals surface area contributed by atoms with E-state index in [1.54, 1.807) is 6.07 Å². The van der Waals surface area contributed by atoms with E-state index in [1.807, 2.05) is 48.8 Å². The van der Waals surface area contributed by atoms with E-state index in [1.165, 1.54) is 64.6 Å². The van der Waals surface area contributed by atoms with Crippen LogP contribution >= 0.6 is 0 Å². The fourth-order valence-corrected chi connectivity index (χ4v) is 11.1. The zero-order valence-corrected chi connectivity index (χ0v) is 39.8. The minimum Gasteiger partial charge on any atom is -0.256 e. The van der Waals surface area contributed by atoms with Gasteiger partial charge in [-0.15, -0.1) is 0 Å². The SMILES string of the molecule is CC12CCC(C)(CC1)c1cc(-c3ccc(-c4ccccc4-c4cc(CCc5ccc(-c6ccccn6)cc5)cc(CCc5ccc(-c6ccccn6)cc5)c4)c(-c4ccc(C#N)c(C#N)c4)c3)ncc12. The van der Waals surface area contributed by atoms with E-state index < -0.39 is 0 Å². The van der Waals surface area contributed by atoms with E-state index in [2.05, 4.69) is 170 Å². The van der Waals surface area contributed by atoms with E-state index in [4.69, 9.17) is 4.98 Å². The number of aromatic nitrogens is 3. The van der Waals surface area contributed by atoms with Crippen LogP contribution in [0.4, 0.5) is 0 Å². The van der Waals surface area contributed by atoms with Gasteiger partial charge in [-0.25, -0.2) is 0 Å². The number of pyridine rings is 3. The largest absolute Gasteiger partial charge is 0.256 e. The Morgan fingerprint density at radius 3 is 1.47 bits per heavy atom. The normalized spacial score (nSPS) is 16.8. The summed E-state index contributed by atoms with van der Waals surface area (Å²) in [7, 11) is 0. The molecule has 12 rings (SSSR count). The summed E-state index contributed by atoms with van der Waals surface area (Å²) in [5.41, 5.74) is 21.6. The van der Waals surface area contributed by atoms with Crippen molar-refractivity contribution in [1.29, 1.82) is 10.5 Å². The second kappa shape index (κ2) is 18.7. The van der Waals surface area contributed by atoms with Crippen molar-refractivity contribution in [2.45, 2.75) is 76.0 Å². The Labute approximate surface area is 411 Å².